The van der Waals surface area contributed by atoms with Crippen molar-refractivity contribution in [2.45, 2.75) is 64.2 Å². The van der Waals surface area contributed by atoms with E-state index in [0.29, 0.717) is 36.1 Å². The van der Waals surface area contributed by atoms with Gasteiger partial charge in [0.1, 0.15) is 17.7 Å². The second-order valence-corrected chi connectivity index (χ2v) is 9.34. The van der Waals surface area contributed by atoms with Crippen LogP contribution in [0.4, 0.5) is 10.2 Å². The maximum absolute atomic E-state index is 13.4. The van der Waals surface area contributed by atoms with Crippen molar-refractivity contribution in [1.29, 1.82) is 0 Å². The fraction of sp³-hybridized carbons (Fsp3) is 0.522. The summed E-state index contributed by atoms with van der Waals surface area (Å²) in [5, 5.41) is 3.91. The van der Waals surface area contributed by atoms with Crippen molar-refractivity contribution in [1.82, 2.24) is 4.98 Å². The minimum atomic E-state index is -0.708. The van der Waals surface area contributed by atoms with Gasteiger partial charge >= 0.3 is 0 Å². The number of aromatic nitrogens is 1. The summed E-state index contributed by atoms with van der Waals surface area (Å²) in [5.41, 5.74) is 7.85. The fourth-order valence-electron chi connectivity index (χ4n) is 3.94. The molecular formula is C23H31ClFN3O. The van der Waals surface area contributed by atoms with Crippen LogP contribution in [0, 0.1) is 5.92 Å². The maximum Gasteiger partial charge on any atom is 0.137 e. The van der Waals surface area contributed by atoms with E-state index in [-0.39, 0.29) is 11.6 Å². The van der Waals surface area contributed by atoms with Gasteiger partial charge < -0.3 is 15.8 Å². The van der Waals surface area contributed by atoms with Crippen LogP contribution in [0.1, 0.15) is 46.5 Å². The molecule has 1 aromatic carbocycles. The number of nitrogens with zero attached hydrogens (tertiary/aromatic N) is 1. The highest BCUT2D eigenvalue weighted by Gasteiger charge is 2.24. The number of pyridine rings is 1. The van der Waals surface area contributed by atoms with Crippen LogP contribution in [0.2, 0.25) is 5.02 Å². The smallest absolute Gasteiger partial charge is 0.137 e. The topological polar surface area (TPSA) is 60.2 Å². The molecule has 0 saturated heterocycles. The quantitative estimate of drug-likeness (QED) is 0.563. The third-order valence-electron chi connectivity index (χ3n) is 5.14. The molecule has 158 valence electrons. The van der Waals surface area contributed by atoms with Crippen LogP contribution in [0.15, 0.2) is 36.5 Å². The Morgan fingerprint density at radius 1 is 1.28 bits per heavy atom. The van der Waals surface area contributed by atoms with E-state index >= 15 is 0 Å². The highest BCUT2D eigenvalue weighted by atomic mass is 35.5. The Morgan fingerprint density at radius 3 is 2.69 bits per heavy atom. The lowest BCUT2D eigenvalue weighted by Crippen LogP contribution is -2.35. The summed E-state index contributed by atoms with van der Waals surface area (Å²) in [4.78, 5) is 4.37. The van der Waals surface area contributed by atoms with Gasteiger partial charge in [0.25, 0.3) is 0 Å². The average Bonchev–Trinajstić information content (AvgIpc) is 3.04. The molecule has 1 fully saturated rings. The summed E-state index contributed by atoms with van der Waals surface area (Å²) in [7, 11) is 0. The second-order valence-electron chi connectivity index (χ2n) is 8.94. The first-order valence-corrected chi connectivity index (χ1v) is 10.7. The number of anilines is 1. The monoisotopic (exact) mass is 419 g/mol. The van der Waals surface area contributed by atoms with Gasteiger partial charge in [-0.2, -0.15) is 0 Å². The van der Waals surface area contributed by atoms with E-state index in [0.717, 1.165) is 29.8 Å². The minimum Gasteiger partial charge on any atom is -0.492 e. The van der Waals surface area contributed by atoms with Crippen molar-refractivity contribution in [3.05, 3.63) is 41.6 Å². The van der Waals surface area contributed by atoms with E-state index in [1.807, 2.05) is 44.2 Å². The molecule has 1 aromatic heterocycles. The van der Waals surface area contributed by atoms with Gasteiger partial charge in [-0.15, -0.1) is 0 Å². The molecule has 4 nitrogen and oxygen atoms in total. The van der Waals surface area contributed by atoms with Gasteiger partial charge in [-0.25, -0.2) is 9.37 Å². The molecule has 1 aliphatic rings. The van der Waals surface area contributed by atoms with Gasteiger partial charge in [-0.05, 0) is 80.8 Å². The van der Waals surface area contributed by atoms with Crippen LogP contribution in [0.25, 0.3) is 11.1 Å². The molecule has 0 spiro atoms. The van der Waals surface area contributed by atoms with E-state index in [2.05, 4.69) is 17.2 Å². The zero-order chi connectivity index (χ0) is 21.0. The lowest BCUT2D eigenvalue weighted by Gasteiger charge is -2.23. The second kappa shape index (κ2) is 9.31. The number of rotatable bonds is 8. The molecule has 1 saturated carbocycles. The van der Waals surface area contributed by atoms with Crippen LogP contribution >= 0.6 is 11.6 Å². The highest BCUT2D eigenvalue weighted by Crippen LogP contribution is 2.32. The van der Waals surface area contributed by atoms with Gasteiger partial charge in [-0.3, -0.25) is 0 Å². The Morgan fingerprint density at radius 2 is 2.03 bits per heavy atom. The first-order chi connectivity index (χ1) is 13.7. The van der Waals surface area contributed by atoms with Crippen molar-refractivity contribution in [2.75, 3.05) is 11.9 Å². The minimum absolute atomic E-state index is 0.146. The Hall–Kier alpha value is -1.85. The molecule has 0 bridgehead atoms. The van der Waals surface area contributed by atoms with Gasteiger partial charge in [0.2, 0.25) is 0 Å². The number of ether oxygens (including phenoxy) is 1. The highest BCUT2D eigenvalue weighted by molar-refractivity contribution is 6.32. The number of hydrogen-bond donors (Lipinski definition) is 2. The predicted octanol–water partition coefficient (Wildman–Crippen LogP) is 5.85. The van der Waals surface area contributed by atoms with E-state index in [9.17, 15) is 4.39 Å². The zero-order valence-electron chi connectivity index (χ0n) is 17.4. The SMILES string of the molecule is CC(COc1ccc(-c2ccnc(NC3CCC(F)C3)c2)cc1Cl)CC(C)(C)N. The van der Waals surface area contributed by atoms with Crippen molar-refractivity contribution >= 4 is 17.4 Å². The molecule has 29 heavy (non-hydrogen) atoms. The standard InChI is InChI=1S/C23H31ClFN3O/c1-15(13-23(2,3)26)14-29-21-7-4-16(10-20(21)24)17-8-9-27-22(11-17)28-19-6-5-18(25)12-19/h4,7-11,15,18-19H,5-6,12-14,26H2,1-3H3,(H,27,28). The third kappa shape index (κ3) is 6.58. The van der Waals surface area contributed by atoms with Crippen molar-refractivity contribution < 1.29 is 9.13 Å². The van der Waals surface area contributed by atoms with Gasteiger partial charge in [-0.1, -0.05) is 24.6 Å². The number of halogens is 2. The zero-order valence-corrected chi connectivity index (χ0v) is 18.2. The average molecular weight is 420 g/mol. The lowest BCUT2D eigenvalue weighted by molar-refractivity contribution is 0.229. The van der Waals surface area contributed by atoms with Crippen molar-refractivity contribution in [2.24, 2.45) is 11.7 Å². The number of benzene rings is 1. The Bertz CT molecular complexity index is 824. The molecule has 0 amide bonds. The van der Waals surface area contributed by atoms with E-state index in [1.54, 1.807) is 6.20 Å². The molecule has 1 heterocycles. The molecule has 2 aromatic rings. The predicted molar refractivity (Wildman–Crippen MR) is 118 cm³/mol. The number of alkyl halides is 1. The number of nitrogens with one attached hydrogen (secondary N) is 1. The van der Waals surface area contributed by atoms with Crippen molar-refractivity contribution in [3.8, 4) is 16.9 Å². The Labute approximate surface area is 178 Å². The van der Waals surface area contributed by atoms with Gasteiger partial charge in [0, 0.05) is 17.8 Å². The molecule has 3 atom stereocenters. The summed E-state index contributed by atoms with van der Waals surface area (Å²) in [6, 6.07) is 9.85. The largest absolute Gasteiger partial charge is 0.492 e. The summed E-state index contributed by atoms with van der Waals surface area (Å²) < 4.78 is 19.3. The van der Waals surface area contributed by atoms with E-state index < -0.39 is 6.17 Å². The Balaban J connectivity index is 1.64. The number of hydrogen-bond acceptors (Lipinski definition) is 4. The summed E-state index contributed by atoms with van der Waals surface area (Å²) in [5.74, 6) is 1.76. The molecule has 3 rings (SSSR count). The summed E-state index contributed by atoms with van der Waals surface area (Å²) in [6.07, 6.45) is 3.93. The van der Waals surface area contributed by atoms with E-state index in [1.165, 1.54) is 0 Å². The molecular weight excluding hydrogens is 389 g/mol. The molecule has 3 N–H and O–H groups in total. The third-order valence-corrected chi connectivity index (χ3v) is 5.44. The molecule has 3 unspecified atom stereocenters. The van der Waals surface area contributed by atoms with E-state index in [4.69, 9.17) is 22.1 Å². The maximum atomic E-state index is 13.4. The van der Waals surface area contributed by atoms with Gasteiger partial charge in [0.15, 0.2) is 0 Å². The normalized spacial score (nSPS) is 20.5. The van der Waals surface area contributed by atoms with Crippen LogP contribution < -0.4 is 15.8 Å². The number of nitrogens with two attached hydrogens (primary N) is 1. The Kier molecular flexibility index (Phi) is 7.01. The summed E-state index contributed by atoms with van der Waals surface area (Å²) in [6.45, 7) is 6.73. The van der Waals surface area contributed by atoms with Crippen LogP contribution in [0.3, 0.4) is 0 Å². The summed E-state index contributed by atoms with van der Waals surface area (Å²) >= 11 is 6.47. The van der Waals surface area contributed by atoms with Crippen molar-refractivity contribution in [3.63, 3.8) is 0 Å². The van der Waals surface area contributed by atoms with Gasteiger partial charge in [0.05, 0.1) is 11.6 Å². The fourth-order valence-corrected chi connectivity index (χ4v) is 4.18. The molecule has 0 radical (unpaired) electrons. The lowest BCUT2D eigenvalue weighted by atomic mass is 9.93. The first-order valence-electron chi connectivity index (χ1n) is 10.3. The molecule has 0 aliphatic heterocycles. The van der Waals surface area contributed by atoms with Crippen LogP contribution in [-0.2, 0) is 0 Å². The van der Waals surface area contributed by atoms with Crippen LogP contribution in [0.5, 0.6) is 5.75 Å². The molecule has 1 aliphatic carbocycles. The first kappa shape index (κ1) is 21.8. The van der Waals surface area contributed by atoms with Crippen LogP contribution in [-0.4, -0.2) is 29.3 Å². The molecule has 6 heteroatoms.